The predicted molar refractivity (Wildman–Crippen MR) is 114 cm³/mol. The summed E-state index contributed by atoms with van der Waals surface area (Å²) in [5, 5.41) is 3.58. The Morgan fingerprint density at radius 2 is 1.68 bits per heavy atom. The van der Waals surface area contributed by atoms with Crippen LogP contribution in [0.4, 0.5) is 0 Å². The molecule has 0 saturated heterocycles. The number of esters is 1. The molecule has 1 fully saturated rings. The van der Waals surface area contributed by atoms with Crippen LogP contribution in [0.25, 0.3) is 0 Å². The molecule has 4 nitrogen and oxygen atoms in total. The minimum absolute atomic E-state index is 0.0154. The highest BCUT2D eigenvalue weighted by molar-refractivity contribution is 8.00. The molecular formula is C22H24ClNO3S. The molecule has 2 aromatic rings. The molecule has 0 spiro atoms. The molecule has 6 heteroatoms. The van der Waals surface area contributed by atoms with Gasteiger partial charge < -0.3 is 10.1 Å². The number of hydrogen-bond acceptors (Lipinski definition) is 4. The lowest BCUT2D eigenvalue weighted by Gasteiger charge is -2.17. The van der Waals surface area contributed by atoms with E-state index in [1.165, 1.54) is 11.8 Å². The lowest BCUT2D eigenvalue weighted by Crippen LogP contribution is -2.36. The molecule has 0 aromatic heterocycles. The van der Waals surface area contributed by atoms with Gasteiger partial charge in [-0.25, -0.2) is 0 Å². The van der Waals surface area contributed by atoms with Crippen LogP contribution in [0.2, 0.25) is 5.02 Å². The van der Waals surface area contributed by atoms with E-state index in [4.69, 9.17) is 16.3 Å². The zero-order valence-electron chi connectivity index (χ0n) is 15.6. The maximum Gasteiger partial charge on any atom is 0.316 e. The van der Waals surface area contributed by atoms with Gasteiger partial charge in [-0.1, -0.05) is 66.9 Å². The van der Waals surface area contributed by atoms with E-state index in [-0.39, 0.29) is 35.5 Å². The molecule has 3 rings (SSSR count). The van der Waals surface area contributed by atoms with Gasteiger partial charge >= 0.3 is 5.97 Å². The molecule has 1 aliphatic carbocycles. The summed E-state index contributed by atoms with van der Waals surface area (Å²) in [4.78, 5) is 24.1. The monoisotopic (exact) mass is 417 g/mol. The minimum atomic E-state index is -0.388. The number of carbonyl (C=O) groups is 2. The van der Waals surface area contributed by atoms with E-state index in [2.05, 4.69) is 5.32 Å². The Hall–Kier alpha value is -1.98. The number of nitrogens with one attached hydrogen (secondary N) is 1. The number of thioether (sulfide) groups is 1. The molecule has 1 aliphatic rings. The number of hydrogen-bond donors (Lipinski definition) is 1. The SMILES string of the molecule is O=C(COC(=O)CS[C@@H](c1ccccc1)c1ccc(Cl)cc1)NC1CCCC1. The van der Waals surface area contributed by atoms with E-state index in [1.54, 1.807) is 0 Å². The Labute approximate surface area is 175 Å². The summed E-state index contributed by atoms with van der Waals surface area (Å²) >= 11 is 7.48. The molecule has 1 saturated carbocycles. The summed E-state index contributed by atoms with van der Waals surface area (Å²) in [6.45, 7) is -0.215. The van der Waals surface area contributed by atoms with E-state index in [1.807, 2.05) is 54.6 Å². The normalized spacial score (nSPS) is 15.2. The summed E-state index contributed by atoms with van der Waals surface area (Å²) in [7, 11) is 0. The first kappa shape index (κ1) is 20.7. The second-order valence-corrected chi connectivity index (χ2v) is 8.39. The topological polar surface area (TPSA) is 55.4 Å². The Bertz CT molecular complexity index is 776. The van der Waals surface area contributed by atoms with Crippen LogP contribution in [0.3, 0.4) is 0 Å². The van der Waals surface area contributed by atoms with Crippen LogP contribution < -0.4 is 5.32 Å². The molecule has 0 radical (unpaired) electrons. The van der Waals surface area contributed by atoms with Crippen molar-refractivity contribution in [2.24, 2.45) is 0 Å². The van der Waals surface area contributed by atoms with Crippen molar-refractivity contribution in [3.8, 4) is 0 Å². The minimum Gasteiger partial charge on any atom is -0.455 e. The molecule has 1 amide bonds. The first-order valence-corrected chi connectivity index (χ1v) is 10.9. The van der Waals surface area contributed by atoms with E-state index in [0.717, 1.165) is 36.8 Å². The fraction of sp³-hybridized carbons (Fsp3) is 0.364. The van der Waals surface area contributed by atoms with Crippen molar-refractivity contribution in [3.05, 3.63) is 70.7 Å². The van der Waals surface area contributed by atoms with E-state index in [9.17, 15) is 9.59 Å². The summed E-state index contributed by atoms with van der Waals surface area (Å²) in [5.41, 5.74) is 2.16. The largest absolute Gasteiger partial charge is 0.455 e. The predicted octanol–water partition coefficient (Wildman–Crippen LogP) is 4.76. The average Bonchev–Trinajstić information content (AvgIpc) is 3.21. The van der Waals surface area contributed by atoms with Gasteiger partial charge in [0.1, 0.15) is 0 Å². The Kier molecular flexibility index (Phi) is 7.80. The summed E-state index contributed by atoms with van der Waals surface area (Å²) in [6.07, 6.45) is 4.31. The molecule has 1 N–H and O–H groups in total. The second kappa shape index (κ2) is 10.5. The standard InChI is InChI=1S/C22H24ClNO3S/c23-18-12-10-17(11-13-18)22(16-6-2-1-3-7-16)28-15-21(26)27-14-20(25)24-19-8-4-5-9-19/h1-3,6-7,10-13,19,22H,4-5,8-9,14-15H2,(H,24,25)/t22-/m0/s1. The molecule has 0 unspecified atom stereocenters. The molecule has 0 heterocycles. The highest BCUT2D eigenvalue weighted by Crippen LogP contribution is 2.36. The molecule has 1 atom stereocenters. The van der Waals surface area contributed by atoms with Crippen LogP contribution in [-0.2, 0) is 14.3 Å². The Morgan fingerprint density at radius 3 is 2.36 bits per heavy atom. The second-order valence-electron chi connectivity index (χ2n) is 6.86. The lowest BCUT2D eigenvalue weighted by molar-refractivity contribution is -0.146. The molecular weight excluding hydrogens is 394 g/mol. The van der Waals surface area contributed by atoms with Crippen molar-refractivity contribution in [1.29, 1.82) is 0 Å². The maximum absolute atomic E-state index is 12.2. The zero-order valence-corrected chi connectivity index (χ0v) is 17.2. The molecule has 0 aliphatic heterocycles. The van der Waals surface area contributed by atoms with Crippen LogP contribution in [0.1, 0.15) is 42.1 Å². The maximum atomic E-state index is 12.2. The summed E-state index contributed by atoms with van der Waals surface area (Å²) < 4.78 is 5.16. The third-order valence-corrected chi connectivity index (χ3v) is 6.26. The number of rotatable bonds is 8. The van der Waals surface area contributed by atoms with Crippen LogP contribution >= 0.6 is 23.4 Å². The smallest absolute Gasteiger partial charge is 0.316 e. The molecule has 148 valence electrons. The lowest BCUT2D eigenvalue weighted by atomic mass is 10.0. The van der Waals surface area contributed by atoms with Crippen molar-refractivity contribution in [1.82, 2.24) is 5.32 Å². The van der Waals surface area contributed by atoms with Gasteiger partial charge in [0.25, 0.3) is 5.91 Å². The number of ether oxygens (including phenoxy) is 1. The summed E-state index contributed by atoms with van der Waals surface area (Å²) in [5.74, 6) is -0.442. The van der Waals surface area contributed by atoms with Gasteiger partial charge in [0.2, 0.25) is 0 Å². The molecule has 2 aromatic carbocycles. The highest BCUT2D eigenvalue weighted by atomic mass is 35.5. The molecule has 28 heavy (non-hydrogen) atoms. The van der Waals surface area contributed by atoms with Gasteiger partial charge in [0, 0.05) is 11.1 Å². The van der Waals surface area contributed by atoms with E-state index < -0.39 is 0 Å². The van der Waals surface area contributed by atoms with Gasteiger partial charge in [-0.05, 0) is 36.1 Å². The number of carbonyl (C=O) groups excluding carboxylic acids is 2. The first-order valence-electron chi connectivity index (χ1n) is 9.49. The number of halogens is 1. The number of benzene rings is 2. The van der Waals surface area contributed by atoms with Gasteiger partial charge in [-0.15, -0.1) is 11.8 Å². The van der Waals surface area contributed by atoms with Crippen molar-refractivity contribution in [3.63, 3.8) is 0 Å². The quantitative estimate of drug-likeness (QED) is 0.629. The van der Waals surface area contributed by atoms with Crippen LogP contribution in [-0.4, -0.2) is 30.3 Å². The van der Waals surface area contributed by atoms with Gasteiger partial charge in [-0.3, -0.25) is 9.59 Å². The first-order chi connectivity index (χ1) is 13.6. The van der Waals surface area contributed by atoms with Crippen molar-refractivity contribution in [2.75, 3.05) is 12.4 Å². The number of amides is 1. The van der Waals surface area contributed by atoms with Gasteiger partial charge in [0.15, 0.2) is 6.61 Å². The van der Waals surface area contributed by atoms with Crippen LogP contribution in [0.15, 0.2) is 54.6 Å². The Balaban J connectivity index is 1.53. The average molecular weight is 418 g/mol. The van der Waals surface area contributed by atoms with Crippen molar-refractivity contribution < 1.29 is 14.3 Å². The fourth-order valence-corrected chi connectivity index (χ4v) is 4.54. The van der Waals surface area contributed by atoms with E-state index >= 15 is 0 Å². The van der Waals surface area contributed by atoms with Crippen molar-refractivity contribution in [2.45, 2.75) is 37.0 Å². The van der Waals surface area contributed by atoms with Gasteiger partial charge in [-0.2, -0.15) is 0 Å². The third-order valence-electron chi connectivity index (χ3n) is 4.73. The van der Waals surface area contributed by atoms with Crippen LogP contribution in [0.5, 0.6) is 0 Å². The summed E-state index contributed by atoms with van der Waals surface area (Å²) in [6, 6.07) is 17.8. The third kappa shape index (κ3) is 6.28. The van der Waals surface area contributed by atoms with Crippen molar-refractivity contribution >= 4 is 35.2 Å². The fourth-order valence-electron chi connectivity index (χ4n) is 3.33. The highest BCUT2D eigenvalue weighted by Gasteiger charge is 2.19. The molecule has 0 bridgehead atoms. The Morgan fingerprint density at radius 1 is 1.04 bits per heavy atom. The van der Waals surface area contributed by atoms with Gasteiger partial charge in [0.05, 0.1) is 11.0 Å². The van der Waals surface area contributed by atoms with Crippen LogP contribution in [0, 0.1) is 0 Å². The van der Waals surface area contributed by atoms with E-state index in [0.29, 0.717) is 5.02 Å². The zero-order chi connectivity index (χ0) is 19.8.